The van der Waals surface area contributed by atoms with Crippen LogP contribution >= 0.6 is 0 Å². The zero-order valence-corrected chi connectivity index (χ0v) is 4.83. The molecule has 0 saturated carbocycles. The third-order valence-electron chi connectivity index (χ3n) is 0.643. The Balaban J connectivity index is 3.57. The zero-order chi connectivity index (χ0) is 6.41. The summed E-state index contributed by atoms with van der Waals surface area (Å²) < 4.78 is 0. The Bertz CT molecular complexity index is 103. The summed E-state index contributed by atoms with van der Waals surface area (Å²) in [6.45, 7) is 1.55. The lowest BCUT2D eigenvalue weighted by Gasteiger charge is -1.86. The third kappa shape index (κ3) is 3.43. The number of hydrogen-bond acceptors (Lipinski definition) is 2. The third-order valence-corrected chi connectivity index (χ3v) is 0.643. The second-order valence-corrected chi connectivity index (χ2v) is 1.34. The molecule has 0 bridgehead atoms. The maximum atomic E-state index is 8.55. The minimum absolute atomic E-state index is 0.0110. The summed E-state index contributed by atoms with van der Waals surface area (Å²) in [5.41, 5.74) is 0. The maximum absolute atomic E-state index is 8.55. The van der Waals surface area contributed by atoms with Gasteiger partial charge in [-0.1, -0.05) is 12.2 Å². The number of hydrogen-bond donors (Lipinski definition) is 2. The van der Waals surface area contributed by atoms with Crippen molar-refractivity contribution in [3.8, 4) is 0 Å². The van der Waals surface area contributed by atoms with Crippen LogP contribution in [0.1, 0.15) is 6.92 Å². The summed E-state index contributed by atoms with van der Waals surface area (Å²) in [6.07, 6.45) is 4.87. The predicted octanol–water partition coefficient (Wildman–Crippen LogP) is 0.997. The summed E-state index contributed by atoms with van der Waals surface area (Å²) in [4.78, 5) is 0. The highest BCUT2D eigenvalue weighted by atomic mass is 16.3. The molecule has 2 N–H and O–H groups in total. The fraction of sp³-hybridized carbons (Fsp3) is 0.333. The van der Waals surface area contributed by atoms with Crippen molar-refractivity contribution in [3.05, 3.63) is 24.0 Å². The largest absolute Gasteiger partial charge is 0.510 e. The van der Waals surface area contributed by atoms with Gasteiger partial charge in [0.05, 0.1) is 0 Å². The Hall–Kier alpha value is -0.760. The van der Waals surface area contributed by atoms with Crippen LogP contribution in [0.25, 0.3) is 0 Å². The molecule has 0 saturated heterocycles. The Morgan fingerprint density at radius 2 is 2.25 bits per heavy atom. The first kappa shape index (κ1) is 7.24. The van der Waals surface area contributed by atoms with Gasteiger partial charge < -0.3 is 10.2 Å². The average Bonchev–Trinajstić information content (AvgIpc) is 1.83. The van der Waals surface area contributed by atoms with E-state index in [0.717, 1.165) is 0 Å². The van der Waals surface area contributed by atoms with Crippen LogP contribution in [0.4, 0.5) is 0 Å². The Labute approximate surface area is 48.8 Å². The minimum atomic E-state index is -0.287. The van der Waals surface area contributed by atoms with Gasteiger partial charge in [0.15, 0.2) is 0 Å². The number of aliphatic hydroxyl groups is 2. The van der Waals surface area contributed by atoms with Gasteiger partial charge in [0.2, 0.25) is 0 Å². The molecule has 0 aliphatic carbocycles. The molecule has 8 heavy (non-hydrogen) atoms. The molecule has 0 fully saturated rings. The highest BCUT2D eigenvalue weighted by molar-refractivity contribution is 5.05. The van der Waals surface area contributed by atoms with Crippen LogP contribution in [-0.2, 0) is 0 Å². The van der Waals surface area contributed by atoms with Crippen LogP contribution < -0.4 is 0 Å². The molecule has 0 radical (unpaired) electrons. The van der Waals surface area contributed by atoms with Gasteiger partial charge in [-0.15, -0.1) is 0 Å². The molecule has 0 amide bonds. The Kier molecular flexibility index (Phi) is 3.98. The van der Waals surface area contributed by atoms with Crippen molar-refractivity contribution in [2.24, 2.45) is 0 Å². The minimum Gasteiger partial charge on any atom is -0.510 e. The van der Waals surface area contributed by atoms with E-state index >= 15 is 0 Å². The summed E-state index contributed by atoms with van der Waals surface area (Å²) in [6, 6.07) is 0. The molecule has 2 heteroatoms. The van der Waals surface area contributed by atoms with Gasteiger partial charge in [0.1, 0.15) is 12.4 Å². The van der Waals surface area contributed by atoms with E-state index in [-0.39, 0.29) is 12.4 Å². The van der Waals surface area contributed by atoms with Crippen molar-refractivity contribution in [2.45, 2.75) is 6.92 Å². The second-order valence-electron chi connectivity index (χ2n) is 1.34. The fourth-order valence-corrected chi connectivity index (χ4v) is 0.260. The number of aliphatic hydroxyl groups excluding tert-OH is 2. The lowest BCUT2D eigenvalue weighted by Crippen LogP contribution is -1.84. The highest BCUT2D eigenvalue weighted by Gasteiger charge is 1.80. The molecule has 0 spiro atoms. The molecule has 0 atom stereocenters. The van der Waals surface area contributed by atoms with E-state index in [1.54, 1.807) is 12.2 Å². The van der Waals surface area contributed by atoms with Crippen molar-refractivity contribution in [1.29, 1.82) is 0 Å². The van der Waals surface area contributed by atoms with E-state index in [9.17, 15) is 0 Å². The lowest BCUT2D eigenvalue weighted by atomic mass is 10.4. The molecule has 0 rings (SSSR count). The molecule has 0 heterocycles. The van der Waals surface area contributed by atoms with Gasteiger partial charge in [-0.3, -0.25) is 0 Å². The van der Waals surface area contributed by atoms with Gasteiger partial charge in [0, 0.05) is 0 Å². The standard InChI is InChI=1S/C6H10O2/c1-2-3-4-6(8)5-7/h2-4,7-8H,5H2,1H3/b3-2+,6-4-. The zero-order valence-electron chi connectivity index (χ0n) is 4.83. The van der Waals surface area contributed by atoms with E-state index in [0.29, 0.717) is 0 Å². The van der Waals surface area contributed by atoms with Gasteiger partial charge in [-0.05, 0) is 13.0 Å². The first-order valence-electron chi connectivity index (χ1n) is 2.43. The van der Waals surface area contributed by atoms with Crippen molar-refractivity contribution in [2.75, 3.05) is 6.61 Å². The molecule has 0 aromatic heterocycles. The van der Waals surface area contributed by atoms with Crippen molar-refractivity contribution >= 4 is 0 Å². The summed E-state index contributed by atoms with van der Waals surface area (Å²) in [5, 5.41) is 16.8. The fourth-order valence-electron chi connectivity index (χ4n) is 0.260. The Morgan fingerprint density at radius 1 is 1.62 bits per heavy atom. The van der Waals surface area contributed by atoms with Crippen molar-refractivity contribution in [1.82, 2.24) is 0 Å². The molecule has 0 aromatic carbocycles. The summed E-state index contributed by atoms with van der Waals surface area (Å²) >= 11 is 0. The van der Waals surface area contributed by atoms with Crippen LogP contribution in [0.15, 0.2) is 24.0 Å². The van der Waals surface area contributed by atoms with Crippen LogP contribution in [0.5, 0.6) is 0 Å². The average molecular weight is 114 g/mol. The number of allylic oxidation sites excluding steroid dienone is 3. The SMILES string of the molecule is C/C=C/C=C(\O)CO. The quantitative estimate of drug-likeness (QED) is 0.415. The first-order valence-corrected chi connectivity index (χ1v) is 2.43. The van der Waals surface area contributed by atoms with Gasteiger partial charge in [-0.25, -0.2) is 0 Å². The van der Waals surface area contributed by atoms with E-state index in [2.05, 4.69) is 0 Å². The molecule has 0 aromatic rings. The molecular formula is C6H10O2. The molecule has 0 unspecified atom stereocenters. The first-order chi connectivity index (χ1) is 3.81. The van der Waals surface area contributed by atoms with E-state index < -0.39 is 0 Å². The van der Waals surface area contributed by atoms with Crippen LogP contribution in [0, 0.1) is 0 Å². The van der Waals surface area contributed by atoms with E-state index in [1.165, 1.54) is 6.08 Å². The predicted molar refractivity (Wildman–Crippen MR) is 32.6 cm³/mol. The van der Waals surface area contributed by atoms with E-state index in [4.69, 9.17) is 10.2 Å². The highest BCUT2D eigenvalue weighted by Crippen LogP contribution is 1.84. The number of rotatable bonds is 2. The van der Waals surface area contributed by atoms with E-state index in [1.807, 2.05) is 6.92 Å². The maximum Gasteiger partial charge on any atom is 0.118 e. The monoisotopic (exact) mass is 114 g/mol. The second kappa shape index (κ2) is 4.40. The van der Waals surface area contributed by atoms with Crippen molar-refractivity contribution < 1.29 is 10.2 Å². The van der Waals surface area contributed by atoms with Crippen LogP contribution in [0.2, 0.25) is 0 Å². The smallest absolute Gasteiger partial charge is 0.118 e. The van der Waals surface area contributed by atoms with Gasteiger partial charge in [-0.2, -0.15) is 0 Å². The molecular weight excluding hydrogens is 104 g/mol. The molecule has 46 valence electrons. The normalized spacial score (nSPS) is 13.0. The van der Waals surface area contributed by atoms with Crippen molar-refractivity contribution in [3.63, 3.8) is 0 Å². The summed E-state index contributed by atoms with van der Waals surface area (Å²) in [5.74, 6) is -0.0110. The molecule has 0 aliphatic rings. The van der Waals surface area contributed by atoms with Crippen LogP contribution in [0.3, 0.4) is 0 Å². The Morgan fingerprint density at radius 3 is 2.62 bits per heavy atom. The van der Waals surface area contributed by atoms with Crippen LogP contribution in [-0.4, -0.2) is 16.8 Å². The topological polar surface area (TPSA) is 40.5 Å². The van der Waals surface area contributed by atoms with Gasteiger partial charge in [0.25, 0.3) is 0 Å². The lowest BCUT2D eigenvalue weighted by molar-refractivity contribution is 0.253. The molecule has 0 aliphatic heterocycles. The van der Waals surface area contributed by atoms with Gasteiger partial charge >= 0.3 is 0 Å². The molecule has 2 nitrogen and oxygen atoms in total. The summed E-state index contributed by atoms with van der Waals surface area (Å²) in [7, 11) is 0.